The summed E-state index contributed by atoms with van der Waals surface area (Å²) in [6, 6.07) is 0. The van der Waals surface area contributed by atoms with Crippen LogP contribution in [0.3, 0.4) is 0 Å². The van der Waals surface area contributed by atoms with Gasteiger partial charge >= 0.3 is 5.97 Å². The topological polar surface area (TPSA) is 50.1 Å². The highest BCUT2D eigenvalue weighted by atomic mass is 16.5. The minimum absolute atomic E-state index is 0.118. The van der Waals surface area contributed by atoms with Crippen molar-refractivity contribution in [3.63, 3.8) is 0 Å². The monoisotopic (exact) mass is 325 g/mol. The van der Waals surface area contributed by atoms with Gasteiger partial charge in [0.2, 0.25) is 0 Å². The summed E-state index contributed by atoms with van der Waals surface area (Å²) < 4.78 is 4.71. The average molecular weight is 326 g/mol. The molecule has 0 bridgehead atoms. The third kappa shape index (κ3) is 19.1. The molecule has 0 spiro atoms. The number of carbonyl (C=O) groups is 1. The summed E-state index contributed by atoms with van der Waals surface area (Å²) in [5.41, 5.74) is 0. The molecule has 3 nitrogen and oxygen atoms in total. The number of esters is 1. The molecule has 0 rings (SSSR count). The predicted octanol–water partition coefficient (Wildman–Crippen LogP) is 6.79. The predicted molar refractivity (Wildman–Crippen MR) is 99.0 cm³/mol. The van der Waals surface area contributed by atoms with E-state index in [1.165, 1.54) is 90.4 Å². The minimum Gasteiger partial charge on any atom is -0.412 e. The second-order valence-corrected chi connectivity index (χ2v) is 6.72. The Kier molecular flexibility index (Phi) is 16.8. The molecule has 0 unspecified atom stereocenters. The summed E-state index contributed by atoms with van der Waals surface area (Å²) in [6.45, 7) is 3.62. The number of hydrogen-bond acceptors (Lipinski definition) is 3. The molecule has 0 aliphatic rings. The molecule has 0 amide bonds. The van der Waals surface area contributed by atoms with Crippen molar-refractivity contribution in [2.75, 3.05) is 0 Å². The summed E-state index contributed by atoms with van der Waals surface area (Å²) in [5.74, 6) is -0.261. The first kappa shape index (κ1) is 22.1. The molecule has 1 N–H and O–H groups in total. The van der Waals surface area contributed by atoms with Gasteiger partial charge in [0, 0.05) is 13.3 Å². The lowest BCUT2D eigenvalue weighted by Crippen LogP contribution is -2.07. The number of rotatable bonds is 16. The van der Waals surface area contributed by atoms with Crippen LogP contribution in [0.25, 0.3) is 0 Å². The van der Waals surface area contributed by atoms with Crippen LogP contribution < -0.4 is 0 Å². The normalized spacial score (nSPS) is 10.7. The van der Waals surface area contributed by atoms with E-state index in [1.54, 1.807) is 0 Å². The van der Waals surface area contributed by atoms with Crippen molar-refractivity contribution < 1.29 is 9.53 Å². The van der Waals surface area contributed by atoms with Crippen molar-refractivity contribution in [2.24, 2.45) is 0 Å². The first-order chi connectivity index (χ1) is 11.2. The van der Waals surface area contributed by atoms with E-state index < -0.39 is 0 Å². The van der Waals surface area contributed by atoms with Crippen molar-refractivity contribution in [1.82, 2.24) is 0 Å². The van der Waals surface area contributed by atoms with Crippen LogP contribution in [0.5, 0.6) is 0 Å². The Labute approximate surface area is 144 Å². The third-order valence-corrected chi connectivity index (χ3v) is 4.27. The number of hydrogen-bond donors (Lipinski definition) is 1. The maximum Gasteiger partial charge on any atom is 0.309 e. The SMILES string of the molecule is CCCCCCCCCCCCCCCCCC(=N)OC(C)=O. The Bertz CT molecular complexity index is 289. The quantitative estimate of drug-likeness (QED) is 0.147. The van der Waals surface area contributed by atoms with Gasteiger partial charge in [-0.3, -0.25) is 10.2 Å². The lowest BCUT2D eigenvalue weighted by atomic mass is 10.0. The fourth-order valence-electron chi connectivity index (χ4n) is 2.88. The van der Waals surface area contributed by atoms with Gasteiger partial charge in [0.05, 0.1) is 0 Å². The fourth-order valence-corrected chi connectivity index (χ4v) is 2.88. The van der Waals surface area contributed by atoms with E-state index in [0.29, 0.717) is 6.42 Å². The first-order valence-electron chi connectivity index (χ1n) is 9.92. The zero-order valence-corrected chi connectivity index (χ0v) is 15.6. The molecule has 0 aromatic carbocycles. The van der Waals surface area contributed by atoms with Crippen LogP contribution in [0.1, 0.15) is 117 Å². The molecule has 0 heterocycles. The molecule has 136 valence electrons. The van der Waals surface area contributed by atoms with Crippen LogP contribution in [-0.4, -0.2) is 11.9 Å². The number of unbranched alkanes of at least 4 members (excludes halogenated alkanes) is 14. The second-order valence-electron chi connectivity index (χ2n) is 6.72. The lowest BCUT2D eigenvalue weighted by molar-refractivity contribution is -0.133. The third-order valence-electron chi connectivity index (χ3n) is 4.27. The molecule has 0 saturated heterocycles. The maximum absolute atomic E-state index is 10.7. The molecule has 0 fully saturated rings. The first-order valence-corrected chi connectivity index (χ1v) is 9.92. The van der Waals surface area contributed by atoms with Gasteiger partial charge in [0.25, 0.3) is 0 Å². The van der Waals surface area contributed by atoms with Crippen LogP contribution in [0.4, 0.5) is 0 Å². The van der Waals surface area contributed by atoms with Crippen molar-refractivity contribution in [2.45, 2.75) is 117 Å². The van der Waals surface area contributed by atoms with Crippen LogP contribution in [-0.2, 0) is 9.53 Å². The van der Waals surface area contributed by atoms with Crippen molar-refractivity contribution in [3.8, 4) is 0 Å². The molecule has 0 aromatic rings. The lowest BCUT2D eigenvalue weighted by Gasteiger charge is -2.04. The molecule has 0 atom stereocenters. The summed E-state index contributed by atoms with van der Waals surface area (Å²) in [6.07, 6.45) is 20.7. The van der Waals surface area contributed by atoms with Crippen LogP contribution in [0.15, 0.2) is 0 Å². The number of carbonyl (C=O) groups excluding carboxylic acids is 1. The molecule has 0 aromatic heterocycles. The van der Waals surface area contributed by atoms with Gasteiger partial charge in [0.15, 0.2) is 5.90 Å². The summed E-state index contributed by atoms with van der Waals surface area (Å²) in [7, 11) is 0. The van der Waals surface area contributed by atoms with Gasteiger partial charge in [-0.25, -0.2) is 0 Å². The Morgan fingerprint density at radius 3 is 1.39 bits per heavy atom. The Balaban J connectivity index is 3.08. The van der Waals surface area contributed by atoms with E-state index >= 15 is 0 Å². The molecular weight excluding hydrogens is 286 g/mol. The molecule has 3 heteroatoms. The minimum atomic E-state index is -0.379. The molecule has 0 saturated carbocycles. The summed E-state index contributed by atoms with van der Waals surface area (Å²) in [4.78, 5) is 10.7. The van der Waals surface area contributed by atoms with Crippen molar-refractivity contribution in [3.05, 3.63) is 0 Å². The van der Waals surface area contributed by atoms with Gasteiger partial charge in [-0.1, -0.05) is 96.8 Å². The van der Waals surface area contributed by atoms with E-state index in [4.69, 9.17) is 10.1 Å². The fraction of sp³-hybridized carbons (Fsp3) is 0.900. The number of nitrogens with one attached hydrogen (secondary N) is 1. The van der Waals surface area contributed by atoms with E-state index in [0.717, 1.165) is 12.8 Å². The zero-order chi connectivity index (χ0) is 17.2. The standard InChI is InChI=1S/C20H39NO2/c1-3-4-5-6-7-8-9-10-11-12-13-14-15-16-17-18-20(21)23-19(2)22/h21H,3-18H2,1-2H3. The van der Waals surface area contributed by atoms with Crippen LogP contribution in [0, 0.1) is 5.41 Å². The van der Waals surface area contributed by atoms with E-state index in [-0.39, 0.29) is 11.9 Å². The summed E-state index contributed by atoms with van der Waals surface area (Å²) >= 11 is 0. The van der Waals surface area contributed by atoms with Crippen molar-refractivity contribution in [1.29, 1.82) is 5.41 Å². The smallest absolute Gasteiger partial charge is 0.309 e. The molecule has 0 radical (unpaired) electrons. The number of ether oxygens (including phenoxy) is 1. The highest BCUT2D eigenvalue weighted by Gasteiger charge is 2.01. The van der Waals surface area contributed by atoms with Crippen molar-refractivity contribution >= 4 is 11.9 Å². The van der Waals surface area contributed by atoms with Gasteiger partial charge in [-0.2, -0.15) is 0 Å². The zero-order valence-electron chi connectivity index (χ0n) is 15.6. The molecule has 0 aliphatic carbocycles. The Morgan fingerprint density at radius 1 is 0.696 bits per heavy atom. The van der Waals surface area contributed by atoms with Gasteiger partial charge in [-0.05, 0) is 6.42 Å². The maximum atomic E-state index is 10.7. The van der Waals surface area contributed by atoms with Gasteiger partial charge in [0.1, 0.15) is 0 Å². The van der Waals surface area contributed by atoms with Crippen LogP contribution in [0.2, 0.25) is 0 Å². The average Bonchev–Trinajstić information content (AvgIpc) is 2.50. The molecular formula is C20H39NO2. The molecule has 0 aliphatic heterocycles. The van der Waals surface area contributed by atoms with E-state index in [1.807, 2.05) is 0 Å². The largest absolute Gasteiger partial charge is 0.412 e. The van der Waals surface area contributed by atoms with Gasteiger partial charge < -0.3 is 4.74 Å². The van der Waals surface area contributed by atoms with E-state index in [2.05, 4.69) is 6.92 Å². The molecule has 23 heavy (non-hydrogen) atoms. The van der Waals surface area contributed by atoms with Crippen LogP contribution >= 0.6 is 0 Å². The van der Waals surface area contributed by atoms with E-state index in [9.17, 15) is 4.79 Å². The summed E-state index contributed by atoms with van der Waals surface area (Å²) in [5, 5.41) is 7.45. The van der Waals surface area contributed by atoms with Gasteiger partial charge in [-0.15, -0.1) is 0 Å². The second kappa shape index (κ2) is 17.5. The highest BCUT2D eigenvalue weighted by molar-refractivity contribution is 5.85. The highest BCUT2D eigenvalue weighted by Crippen LogP contribution is 2.13. The Morgan fingerprint density at radius 2 is 1.04 bits per heavy atom. The Hall–Kier alpha value is -0.860.